The van der Waals surface area contributed by atoms with Crippen molar-refractivity contribution in [3.05, 3.63) is 48.0 Å². The van der Waals surface area contributed by atoms with Crippen LogP contribution in [0.5, 0.6) is 0 Å². The number of benzene rings is 2. The first-order valence-electron chi connectivity index (χ1n) is 10.8. The summed E-state index contributed by atoms with van der Waals surface area (Å²) in [6.07, 6.45) is 4.84. The van der Waals surface area contributed by atoms with Gasteiger partial charge in [0.2, 0.25) is 11.8 Å². The second-order valence-electron chi connectivity index (χ2n) is 8.12. The number of rotatable bonds is 6. The number of carbonyl (C=O) groups is 2. The summed E-state index contributed by atoms with van der Waals surface area (Å²) in [6, 6.07) is 14.8. The monoisotopic (exact) mass is 394 g/mol. The molecule has 2 aromatic rings. The standard InChI is InChI=1S/C24H30N2O3/c27-23-11-3-4-13-25(23)14-6-12-24(28)26-15-16-29-21(18-26)17-20-9-5-8-19-7-1-2-10-22(19)20/h1-2,5,7-10,21H,3-4,6,11-18H2/t21-/m0/s1. The van der Waals surface area contributed by atoms with Crippen molar-refractivity contribution in [3.63, 3.8) is 0 Å². The normalized spacial score (nSPS) is 20.3. The van der Waals surface area contributed by atoms with Gasteiger partial charge >= 0.3 is 0 Å². The quantitative estimate of drug-likeness (QED) is 0.755. The number of ether oxygens (including phenoxy) is 1. The lowest BCUT2D eigenvalue weighted by Gasteiger charge is -2.33. The third-order valence-corrected chi connectivity index (χ3v) is 6.06. The maximum atomic E-state index is 12.7. The summed E-state index contributed by atoms with van der Waals surface area (Å²) in [5.41, 5.74) is 1.27. The van der Waals surface area contributed by atoms with Crippen molar-refractivity contribution in [3.8, 4) is 0 Å². The third-order valence-electron chi connectivity index (χ3n) is 6.06. The number of likely N-dealkylation sites (tertiary alicyclic amines) is 1. The van der Waals surface area contributed by atoms with Crippen LogP contribution in [0.1, 0.15) is 37.7 Å². The Labute approximate surface area is 172 Å². The van der Waals surface area contributed by atoms with E-state index in [-0.39, 0.29) is 17.9 Å². The Morgan fingerprint density at radius 1 is 1.07 bits per heavy atom. The van der Waals surface area contributed by atoms with E-state index in [1.807, 2.05) is 9.80 Å². The first kappa shape index (κ1) is 19.9. The molecular weight excluding hydrogens is 364 g/mol. The molecule has 2 aromatic carbocycles. The van der Waals surface area contributed by atoms with Gasteiger partial charge in [0.15, 0.2) is 0 Å². The fourth-order valence-electron chi connectivity index (χ4n) is 4.46. The zero-order chi connectivity index (χ0) is 20.1. The molecule has 0 radical (unpaired) electrons. The molecule has 0 N–H and O–H groups in total. The fraction of sp³-hybridized carbons (Fsp3) is 0.500. The second kappa shape index (κ2) is 9.40. The Morgan fingerprint density at radius 3 is 2.83 bits per heavy atom. The molecule has 1 atom stereocenters. The number of nitrogens with zero attached hydrogens (tertiary/aromatic N) is 2. The van der Waals surface area contributed by atoms with Crippen molar-refractivity contribution in [2.45, 2.75) is 44.6 Å². The van der Waals surface area contributed by atoms with Crippen molar-refractivity contribution in [1.82, 2.24) is 9.80 Å². The molecule has 0 bridgehead atoms. The summed E-state index contributed by atoms with van der Waals surface area (Å²) in [6.45, 7) is 3.44. The highest BCUT2D eigenvalue weighted by Crippen LogP contribution is 2.22. The minimum atomic E-state index is 0.0298. The molecule has 0 spiro atoms. The lowest BCUT2D eigenvalue weighted by molar-refractivity contribution is -0.139. The minimum absolute atomic E-state index is 0.0298. The largest absolute Gasteiger partial charge is 0.374 e. The number of fused-ring (bicyclic) bond motifs is 1. The zero-order valence-corrected chi connectivity index (χ0v) is 17.0. The molecule has 154 valence electrons. The van der Waals surface area contributed by atoms with Crippen LogP contribution in [0, 0.1) is 0 Å². The molecule has 2 fully saturated rings. The van der Waals surface area contributed by atoms with Crippen LogP contribution in [-0.2, 0) is 20.7 Å². The van der Waals surface area contributed by atoms with E-state index in [1.54, 1.807) is 0 Å². The van der Waals surface area contributed by atoms with Crippen LogP contribution in [0.25, 0.3) is 10.8 Å². The maximum Gasteiger partial charge on any atom is 0.222 e. The average Bonchev–Trinajstić information content (AvgIpc) is 2.75. The predicted octanol–water partition coefficient (Wildman–Crippen LogP) is 3.40. The zero-order valence-electron chi connectivity index (χ0n) is 17.0. The molecule has 0 aromatic heterocycles. The van der Waals surface area contributed by atoms with E-state index in [4.69, 9.17) is 4.74 Å². The summed E-state index contributed by atoms with van der Waals surface area (Å²) >= 11 is 0. The van der Waals surface area contributed by atoms with E-state index in [1.165, 1.54) is 16.3 Å². The lowest BCUT2D eigenvalue weighted by atomic mass is 9.99. The van der Waals surface area contributed by atoms with E-state index in [0.29, 0.717) is 39.1 Å². The van der Waals surface area contributed by atoms with Crippen LogP contribution < -0.4 is 0 Å². The van der Waals surface area contributed by atoms with E-state index in [0.717, 1.165) is 32.2 Å². The fourth-order valence-corrected chi connectivity index (χ4v) is 4.46. The summed E-state index contributed by atoms with van der Waals surface area (Å²) < 4.78 is 5.98. The molecule has 4 rings (SSSR count). The summed E-state index contributed by atoms with van der Waals surface area (Å²) in [7, 11) is 0. The summed E-state index contributed by atoms with van der Waals surface area (Å²) in [5, 5.41) is 2.49. The first-order chi connectivity index (χ1) is 14.2. The van der Waals surface area contributed by atoms with E-state index in [2.05, 4.69) is 42.5 Å². The number of piperidine rings is 1. The van der Waals surface area contributed by atoms with Gasteiger partial charge in [-0.1, -0.05) is 42.5 Å². The van der Waals surface area contributed by atoms with Gasteiger partial charge in [-0.15, -0.1) is 0 Å². The molecule has 0 saturated carbocycles. The van der Waals surface area contributed by atoms with Gasteiger partial charge in [-0.05, 0) is 35.6 Å². The molecule has 2 heterocycles. The number of carbonyl (C=O) groups excluding carboxylic acids is 2. The molecule has 5 heteroatoms. The summed E-state index contributed by atoms with van der Waals surface area (Å²) in [5.74, 6) is 0.422. The Kier molecular flexibility index (Phi) is 6.45. The number of morpholine rings is 1. The van der Waals surface area contributed by atoms with Gasteiger partial charge in [0.05, 0.1) is 12.7 Å². The molecule has 2 saturated heterocycles. The molecule has 0 aliphatic carbocycles. The van der Waals surface area contributed by atoms with Crippen LogP contribution in [0.15, 0.2) is 42.5 Å². The van der Waals surface area contributed by atoms with Gasteiger partial charge in [0.25, 0.3) is 0 Å². The molecule has 2 amide bonds. The first-order valence-corrected chi connectivity index (χ1v) is 10.8. The van der Waals surface area contributed by atoms with Crippen LogP contribution in [0.3, 0.4) is 0 Å². The van der Waals surface area contributed by atoms with Crippen LogP contribution in [-0.4, -0.2) is 60.5 Å². The van der Waals surface area contributed by atoms with Gasteiger partial charge < -0.3 is 14.5 Å². The van der Waals surface area contributed by atoms with Crippen molar-refractivity contribution in [2.75, 3.05) is 32.8 Å². The predicted molar refractivity (Wildman–Crippen MR) is 114 cm³/mol. The van der Waals surface area contributed by atoms with Gasteiger partial charge in [-0.2, -0.15) is 0 Å². The van der Waals surface area contributed by atoms with Crippen LogP contribution >= 0.6 is 0 Å². The number of amides is 2. The van der Waals surface area contributed by atoms with Crippen LogP contribution in [0.2, 0.25) is 0 Å². The molecule has 5 nitrogen and oxygen atoms in total. The van der Waals surface area contributed by atoms with Crippen molar-refractivity contribution in [2.24, 2.45) is 0 Å². The lowest BCUT2D eigenvalue weighted by Crippen LogP contribution is -2.46. The highest BCUT2D eigenvalue weighted by Gasteiger charge is 2.25. The Bertz CT molecular complexity index is 861. The molecular formula is C24H30N2O3. The van der Waals surface area contributed by atoms with E-state index in [9.17, 15) is 9.59 Å². The maximum absolute atomic E-state index is 12.7. The molecule has 2 aliphatic rings. The Balaban J connectivity index is 1.29. The number of hydrogen-bond donors (Lipinski definition) is 0. The van der Waals surface area contributed by atoms with Gasteiger partial charge in [0.1, 0.15) is 0 Å². The minimum Gasteiger partial charge on any atom is -0.374 e. The molecule has 29 heavy (non-hydrogen) atoms. The molecule has 2 aliphatic heterocycles. The SMILES string of the molecule is O=C1CCCCN1CCCC(=O)N1CCO[C@@H](Cc2cccc3ccccc23)C1. The Hall–Kier alpha value is -2.40. The van der Waals surface area contributed by atoms with E-state index < -0.39 is 0 Å². The summed E-state index contributed by atoms with van der Waals surface area (Å²) in [4.78, 5) is 28.5. The second-order valence-corrected chi connectivity index (χ2v) is 8.12. The average molecular weight is 395 g/mol. The van der Waals surface area contributed by atoms with Crippen molar-refractivity contribution < 1.29 is 14.3 Å². The van der Waals surface area contributed by atoms with Gasteiger partial charge in [-0.25, -0.2) is 0 Å². The van der Waals surface area contributed by atoms with Gasteiger partial charge in [-0.3, -0.25) is 9.59 Å². The van der Waals surface area contributed by atoms with Crippen LogP contribution in [0.4, 0.5) is 0 Å². The van der Waals surface area contributed by atoms with E-state index >= 15 is 0 Å². The van der Waals surface area contributed by atoms with Crippen molar-refractivity contribution in [1.29, 1.82) is 0 Å². The highest BCUT2D eigenvalue weighted by atomic mass is 16.5. The number of hydrogen-bond acceptors (Lipinski definition) is 3. The Morgan fingerprint density at radius 2 is 1.93 bits per heavy atom. The smallest absolute Gasteiger partial charge is 0.222 e. The van der Waals surface area contributed by atoms with Crippen molar-refractivity contribution >= 4 is 22.6 Å². The molecule has 0 unspecified atom stereocenters. The topological polar surface area (TPSA) is 49.9 Å². The van der Waals surface area contributed by atoms with Gasteiger partial charge in [0, 0.05) is 45.4 Å². The third kappa shape index (κ3) is 4.96. The highest BCUT2D eigenvalue weighted by molar-refractivity contribution is 5.85.